The number of carbonyl (C=O) groups excluding carboxylic acids is 2. The van der Waals surface area contributed by atoms with Gasteiger partial charge in [0.05, 0.1) is 24.3 Å². The van der Waals surface area contributed by atoms with Crippen molar-refractivity contribution in [2.45, 2.75) is 25.4 Å². The highest BCUT2D eigenvalue weighted by molar-refractivity contribution is 5.95. The van der Waals surface area contributed by atoms with Gasteiger partial charge in [0.1, 0.15) is 0 Å². The first-order chi connectivity index (χ1) is 10.4. The van der Waals surface area contributed by atoms with Crippen LogP contribution in [0.1, 0.15) is 33.6 Å². The molecule has 1 rings (SSSR count). The number of hydrogen-bond donors (Lipinski definition) is 4. The van der Waals surface area contributed by atoms with E-state index in [-0.39, 0.29) is 37.2 Å². The highest BCUT2D eigenvalue weighted by Crippen LogP contribution is 2.09. The number of aliphatic hydroxyl groups excluding tert-OH is 2. The van der Waals surface area contributed by atoms with Crippen molar-refractivity contribution in [3.63, 3.8) is 0 Å². The van der Waals surface area contributed by atoms with Gasteiger partial charge in [0.25, 0.3) is 0 Å². The van der Waals surface area contributed by atoms with Crippen molar-refractivity contribution in [1.82, 2.24) is 0 Å². The van der Waals surface area contributed by atoms with Crippen LogP contribution in [-0.4, -0.2) is 58.2 Å². The van der Waals surface area contributed by atoms with Crippen LogP contribution in [0.5, 0.6) is 0 Å². The maximum atomic E-state index is 11.7. The Morgan fingerprint density at radius 3 is 1.64 bits per heavy atom. The van der Waals surface area contributed by atoms with Crippen molar-refractivity contribution < 1.29 is 39.5 Å². The van der Waals surface area contributed by atoms with Crippen LogP contribution in [0.15, 0.2) is 24.3 Å². The molecule has 0 spiro atoms. The first-order valence-corrected chi connectivity index (χ1v) is 6.56. The van der Waals surface area contributed by atoms with E-state index >= 15 is 0 Å². The lowest BCUT2D eigenvalue weighted by Crippen LogP contribution is -2.14. The summed E-state index contributed by atoms with van der Waals surface area (Å²) in [5, 5.41) is 34.6. The molecule has 8 nitrogen and oxygen atoms in total. The molecule has 0 bridgehead atoms. The normalized spacial score (nSPS) is 10.8. The Morgan fingerprint density at radius 2 is 1.27 bits per heavy atom. The molecule has 4 N–H and O–H groups in total. The smallest absolute Gasteiger partial charge is 0.338 e. The van der Waals surface area contributed by atoms with Gasteiger partial charge in [-0.3, -0.25) is 0 Å². The second kappa shape index (κ2) is 9.11. The highest BCUT2D eigenvalue weighted by Gasteiger charge is 2.13. The molecule has 0 aromatic heterocycles. The minimum Gasteiger partial charge on any atom is -0.462 e. The summed E-state index contributed by atoms with van der Waals surface area (Å²) in [4.78, 5) is 23.4. The van der Waals surface area contributed by atoms with E-state index in [1.54, 1.807) is 0 Å². The molecule has 0 saturated heterocycles. The third-order valence-corrected chi connectivity index (χ3v) is 2.55. The minimum absolute atomic E-state index is 0.114. The summed E-state index contributed by atoms with van der Waals surface area (Å²) in [7, 11) is 0. The van der Waals surface area contributed by atoms with E-state index in [9.17, 15) is 9.59 Å². The quantitative estimate of drug-likeness (QED) is 0.369. The molecule has 0 aliphatic carbocycles. The molecule has 0 fully saturated rings. The lowest BCUT2D eigenvalue weighted by Gasteiger charge is -2.08. The molecule has 8 heteroatoms. The van der Waals surface area contributed by atoms with Crippen LogP contribution < -0.4 is 0 Å². The van der Waals surface area contributed by atoms with Crippen molar-refractivity contribution in [3.8, 4) is 0 Å². The summed E-state index contributed by atoms with van der Waals surface area (Å²) >= 11 is 0. The summed E-state index contributed by atoms with van der Waals surface area (Å²) in [5.41, 5.74) is 0.230. The molecule has 0 aliphatic heterocycles. The average molecular weight is 314 g/mol. The van der Waals surface area contributed by atoms with Crippen LogP contribution >= 0.6 is 0 Å². The number of benzene rings is 1. The van der Waals surface area contributed by atoms with E-state index in [2.05, 4.69) is 0 Å². The first kappa shape index (κ1) is 18.1. The average Bonchev–Trinajstić information content (AvgIpc) is 2.46. The molecule has 0 radical (unpaired) electrons. The van der Waals surface area contributed by atoms with Crippen LogP contribution in [-0.2, 0) is 9.47 Å². The Bertz CT molecular complexity index is 456. The fourth-order valence-electron chi connectivity index (χ4n) is 1.45. The molecule has 0 unspecified atom stereocenters. The molecule has 22 heavy (non-hydrogen) atoms. The van der Waals surface area contributed by atoms with Crippen LogP contribution in [0.2, 0.25) is 0 Å². The van der Waals surface area contributed by atoms with Crippen molar-refractivity contribution >= 4 is 11.9 Å². The van der Waals surface area contributed by atoms with Gasteiger partial charge < -0.3 is 29.9 Å². The number of ether oxygens (including phenoxy) is 2. The maximum absolute atomic E-state index is 11.7. The van der Waals surface area contributed by atoms with Gasteiger partial charge in [-0.15, -0.1) is 0 Å². The Morgan fingerprint density at radius 1 is 0.864 bits per heavy atom. The van der Waals surface area contributed by atoms with Crippen LogP contribution in [0.25, 0.3) is 0 Å². The zero-order valence-electron chi connectivity index (χ0n) is 11.7. The van der Waals surface area contributed by atoms with Gasteiger partial charge in [-0.2, -0.15) is 0 Å². The molecule has 1 aromatic carbocycles. The van der Waals surface area contributed by atoms with E-state index in [4.69, 9.17) is 29.9 Å². The fraction of sp³-hybridized carbons (Fsp3) is 0.429. The maximum Gasteiger partial charge on any atom is 0.338 e. The molecule has 0 atom stereocenters. The van der Waals surface area contributed by atoms with E-state index in [0.29, 0.717) is 0 Å². The molecule has 1 aromatic rings. The topological polar surface area (TPSA) is 134 Å². The predicted molar refractivity (Wildman–Crippen MR) is 72.7 cm³/mol. The molecule has 0 saturated carbocycles. The van der Waals surface area contributed by atoms with Gasteiger partial charge in [-0.25, -0.2) is 9.59 Å². The van der Waals surface area contributed by atoms with Gasteiger partial charge in [0, 0.05) is 12.8 Å². The Hall–Kier alpha value is -2.00. The lowest BCUT2D eigenvalue weighted by atomic mass is 10.1. The number of carbonyl (C=O) groups is 2. The third-order valence-electron chi connectivity index (χ3n) is 2.55. The highest BCUT2D eigenvalue weighted by atomic mass is 16.5. The molecule has 0 aliphatic rings. The van der Waals surface area contributed by atoms with Crippen molar-refractivity contribution in [3.05, 3.63) is 35.4 Å². The van der Waals surface area contributed by atoms with E-state index in [1.807, 2.05) is 0 Å². The van der Waals surface area contributed by atoms with Gasteiger partial charge in [-0.1, -0.05) is 6.07 Å². The Labute approximate surface area is 126 Å². The number of esters is 2. The molecule has 0 heterocycles. The van der Waals surface area contributed by atoms with Gasteiger partial charge in [0.15, 0.2) is 12.6 Å². The molecular formula is C14H18O8. The lowest BCUT2D eigenvalue weighted by molar-refractivity contribution is -0.0572. The summed E-state index contributed by atoms with van der Waals surface area (Å²) in [6, 6.07) is 5.61. The fourth-order valence-corrected chi connectivity index (χ4v) is 1.45. The van der Waals surface area contributed by atoms with Crippen LogP contribution in [0, 0.1) is 0 Å². The zero-order chi connectivity index (χ0) is 16.5. The van der Waals surface area contributed by atoms with Crippen LogP contribution in [0.4, 0.5) is 0 Å². The largest absolute Gasteiger partial charge is 0.462 e. The zero-order valence-corrected chi connectivity index (χ0v) is 11.7. The van der Waals surface area contributed by atoms with Crippen molar-refractivity contribution in [2.75, 3.05) is 13.2 Å². The molecular weight excluding hydrogens is 296 g/mol. The third kappa shape index (κ3) is 6.64. The van der Waals surface area contributed by atoms with Crippen molar-refractivity contribution in [1.29, 1.82) is 0 Å². The van der Waals surface area contributed by atoms with E-state index in [0.717, 1.165) is 0 Å². The first-order valence-electron chi connectivity index (χ1n) is 6.56. The van der Waals surface area contributed by atoms with Crippen LogP contribution in [0.3, 0.4) is 0 Å². The number of rotatable bonds is 8. The van der Waals surface area contributed by atoms with E-state index < -0.39 is 24.5 Å². The minimum atomic E-state index is -1.56. The predicted octanol–water partition coefficient (Wildman–Crippen LogP) is -0.598. The Kier molecular flexibility index (Phi) is 7.47. The van der Waals surface area contributed by atoms with Gasteiger partial charge in [-0.05, 0) is 18.2 Å². The number of aliphatic hydroxyl groups is 4. The summed E-state index contributed by atoms with van der Waals surface area (Å²) in [6.45, 7) is -0.334. The second-order valence-electron chi connectivity index (χ2n) is 4.39. The monoisotopic (exact) mass is 314 g/mol. The van der Waals surface area contributed by atoms with E-state index in [1.165, 1.54) is 24.3 Å². The molecule has 0 amide bonds. The Balaban J connectivity index is 2.57. The summed E-state index contributed by atoms with van der Waals surface area (Å²) in [5.74, 6) is -1.41. The second-order valence-corrected chi connectivity index (χ2v) is 4.39. The SMILES string of the molecule is O=C(OCCC(O)O)c1cccc(C(=O)OCCC(O)O)c1. The summed E-state index contributed by atoms with van der Waals surface area (Å²) in [6.07, 6.45) is -3.35. The standard InChI is InChI=1S/C14H18O8/c15-11(16)4-6-21-13(19)9-2-1-3-10(8-9)14(20)22-7-5-12(17)18/h1-3,8,11-12,15-18H,4-7H2. The number of hydrogen-bond acceptors (Lipinski definition) is 8. The van der Waals surface area contributed by atoms with Crippen molar-refractivity contribution in [2.24, 2.45) is 0 Å². The molecule has 122 valence electrons. The van der Waals surface area contributed by atoms with Gasteiger partial charge >= 0.3 is 11.9 Å². The summed E-state index contributed by atoms with van der Waals surface area (Å²) < 4.78 is 9.62. The van der Waals surface area contributed by atoms with Gasteiger partial charge in [0.2, 0.25) is 0 Å².